The Labute approximate surface area is 198 Å². The van der Waals surface area contributed by atoms with Crippen LogP contribution in [0.15, 0.2) is 41.5 Å². The first kappa shape index (κ1) is 22.6. The van der Waals surface area contributed by atoms with Crippen LogP contribution in [-0.4, -0.2) is 69.2 Å². The van der Waals surface area contributed by atoms with E-state index < -0.39 is 23.9 Å². The third-order valence-electron chi connectivity index (χ3n) is 7.66. The van der Waals surface area contributed by atoms with Crippen molar-refractivity contribution < 1.29 is 14.7 Å². The fourth-order valence-electron chi connectivity index (χ4n) is 6.02. The second kappa shape index (κ2) is 8.87. The SMILES string of the molecule is CN(C)C(=O)[C@@H]1[C@@H](CO)[C@@H]2Cn3c(ccc(-c4cccnc4)c3=O)[C@H]1N2C(=O)NC1CCCC1. The van der Waals surface area contributed by atoms with Crippen molar-refractivity contribution in [2.75, 3.05) is 20.7 Å². The molecular weight excluding hydrogens is 434 g/mol. The summed E-state index contributed by atoms with van der Waals surface area (Å²) in [4.78, 5) is 47.7. The lowest BCUT2D eigenvalue weighted by Gasteiger charge is -2.39. The Bertz CT molecular complexity index is 1140. The number of hydrogen-bond acceptors (Lipinski definition) is 5. The number of nitrogens with zero attached hydrogens (tertiary/aromatic N) is 4. The van der Waals surface area contributed by atoms with Gasteiger partial charge in [0.05, 0.1) is 18.0 Å². The summed E-state index contributed by atoms with van der Waals surface area (Å²) < 4.78 is 1.68. The Kier molecular flexibility index (Phi) is 5.89. The minimum atomic E-state index is -0.628. The lowest BCUT2D eigenvalue weighted by atomic mass is 9.86. The number of nitrogens with one attached hydrogen (secondary N) is 1. The molecule has 0 spiro atoms. The van der Waals surface area contributed by atoms with Gasteiger partial charge in [0.1, 0.15) is 0 Å². The van der Waals surface area contributed by atoms with Crippen LogP contribution in [0.3, 0.4) is 0 Å². The normalized spacial score (nSPS) is 25.8. The molecule has 2 aromatic heterocycles. The molecule has 0 unspecified atom stereocenters. The van der Waals surface area contributed by atoms with Crippen LogP contribution in [0.1, 0.15) is 37.4 Å². The number of amides is 3. The van der Waals surface area contributed by atoms with E-state index in [9.17, 15) is 19.5 Å². The highest BCUT2D eigenvalue weighted by Gasteiger charge is 2.58. The van der Waals surface area contributed by atoms with Gasteiger partial charge in [-0.15, -0.1) is 0 Å². The van der Waals surface area contributed by atoms with E-state index in [1.807, 2.05) is 12.1 Å². The van der Waals surface area contributed by atoms with E-state index in [0.717, 1.165) is 31.2 Å². The maximum atomic E-state index is 13.6. The summed E-state index contributed by atoms with van der Waals surface area (Å²) in [6.07, 6.45) is 7.38. The number of aromatic nitrogens is 2. The van der Waals surface area contributed by atoms with Crippen molar-refractivity contribution in [2.45, 2.75) is 50.4 Å². The summed E-state index contributed by atoms with van der Waals surface area (Å²) >= 11 is 0. The Morgan fingerprint density at radius 2 is 1.97 bits per heavy atom. The van der Waals surface area contributed by atoms with Crippen LogP contribution in [0.25, 0.3) is 11.1 Å². The van der Waals surface area contributed by atoms with E-state index in [1.54, 1.807) is 48.1 Å². The molecule has 4 atom stereocenters. The molecule has 3 amide bonds. The molecule has 9 nitrogen and oxygen atoms in total. The third-order valence-corrected chi connectivity index (χ3v) is 7.66. The molecule has 5 rings (SSSR count). The number of hydrogen-bond donors (Lipinski definition) is 2. The van der Waals surface area contributed by atoms with Crippen LogP contribution < -0.4 is 10.9 Å². The maximum Gasteiger partial charge on any atom is 0.318 e. The molecular formula is C25H31N5O4. The molecule has 0 radical (unpaired) electrons. The molecule has 180 valence electrons. The standard InChI is InChI=1S/C25H31N5O4/c1-28(2)24(33)21-18(14-31)20-13-29-19(10-9-17(23(29)32)15-6-5-11-26-12-15)22(21)30(20)25(34)27-16-7-3-4-8-16/h5-6,9-12,16,18,20-22,31H,3-4,7-8,13-14H2,1-2H3,(H,27,34)/t18-,20-,21+,22+/m0/s1. The summed E-state index contributed by atoms with van der Waals surface area (Å²) in [6, 6.07) is 6.04. The first-order valence-corrected chi connectivity index (χ1v) is 12.0. The van der Waals surface area contributed by atoms with Gasteiger partial charge in [-0.05, 0) is 31.0 Å². The van der Waals surface area contributed by atoms with Gasteiger partial charge in [0, 0.05) is 68.4 Å². The fourth-order valence-corrected chi connectivity index (χ4v) is 6.02. The van der Waals surface area contributed by atoms with Gasteiger partial charge in [0.2, 0.25) is 5.91 Å². The van der Waals surface area contributed by atoms with Gasteiger partial charge in [-0.25, -0.2) is 4.79 Å². The van der Waals surface area contributed by atoms with Gasteiger partial charge in [-0.3, -0.25) is 14.6 Å². The zero-order valence-electron chi connectivity index (χ0n) is 19.6. The van der Waals surface area contributed by atoms with Crippen LogP contribution in [0.5, 0.6) is 0 Å². The van der Waals surface area contributed by atoms with Crippen LogP contribution in [0, 0.1) is 11.8 Å². The summed E-state index contributed by atoms with van der Waals surface area (Å²) in [7, 11) is 3.36. The molecule has 9 heteroatoms. The van der Waals surface area contributed by atoms with Crippen molar-refractivity contribution in [3.63, 3.8) is 0 Å². The van der Waals surface area contributed by atoms with Crippen LogP contribution in [0.2, 0.25) is 0 Å². The monoisotopic (exact) mass is 465 g/mol. The van der Waals surface area contributed by atoms with E-state index in [1.165, 1.54) is 4.90 Å². The summed E-state index contributed by atoms with van der Waals surface area (Å²) in [6.45, 7) is -0.00386. The van der Waals surface area contributed by atoms with Gasteiger partial charge >= 0.3 is 6.03 Å². The molecule has 4 heterocycles. The highest BCUT2D eigenvalue weighted by Crippen LogP contribution is 2.49. The minimum Gasteiger partial charge on any atom is -0.396 e. The molecule has 2 fully saturated rings. The smallest absolute Gasteiger partial charge is 0.318 e. The quantitative estimate of drug-likeness (QED) is 0.713. The first-order chi connectivity index (χ1) is 16.4. The zero-order valence-corrected chi connectivity index (χ0v) is 19.6. The second-order valence-corrected chi connectivity index (χ2v) is 9.78. The Morgan fingerprint density at radius 1 is 1.21 bits per heavy atom. The van der Waals surface area contributed by atoms with E-state index in [-0.39, 0.29) is 36.7 Å². The largest absolute Gasteiger partial charge is 0.396 e. The summed E-state index contributed by atoms with van der Waals surface area (Å²) in [5.41, 5.74) is 1.70. The van der Waals surface area contributed by atoms with Gasteiger partial charge < -0.3 is 24.8 Å². The Balaban J connectivity index is 1.60. The number of fused-ring (bicyclic) bond motifs is 4. The first-order valence-electron chi connectivity index (χ1n) is 12.0. The lowest BCUT2D eigenvalue weighted by molar-refractivity contribution is -0.135. The van der Waals surface area contributed by atoms with Crippen molar-refractivity contribution in [3.05, 3.63) is 52.7 Å². The molecule has 2 aliphatic heterocycles. The molecule has 0 aromatic carbocycles. The highest BCUT2D eigenvalue weighted by atomic mass is 16.3. The van der Waals surface area contributed by atoms with Gasteiger partial charge in [0.15, 0.2) is 0 Å². The Morgan fingerprint density at radius 3 is 2.62 bits per heavy atom. The maximum absolute atomic E-state index is 13.6. The lowest BCUT2D eigenvalue weighted by Crippen LogP contribution is -2.53. The number of pyridine rings is 2. The van der Waals surface area contributed by atoms with Gasteiger partial charge in [0.25, 0.3) is 5.56 Å². The molecule has 2 bridgehead atoms. The molecule has 2 aromatic rings. The molecule has 1 aliphatic carbocycles. The number of carbonyl (C=O) groups is 2. The molecule has 3 aliphatic rings. The zero-order chi connectivity index (χ0) is 24.0. The number of urea groups is 1. The van der Waals surface area contributed by atoms with Crippen molar-refractivity contribution in [2.24, 2.45) is 11.8 Å². The van der Waals surface area contributed by atoms with Crippen LogP contribution in [0.4, 0.5) is 4.79 Å². The average Bonchev–Trinajstić information content (AvgIpc) is 3.43. The van der Waals surface area contributed by atoms with Gasteiger partial charge in [-0.2, -0.15) is 0 Å². The number of aliphatic hydroxyl groups is 1. The number of carbonyl (C=O) groups excluding carboxylic acids is 2. The fraction of sp³-hybridized carbons (Fsp3) is 0.520. The topological polar surface area (TPSA) is 108 Å². The van der Waals surface area contributed by atoms with Gasteiger partial charge in [-0.1, -0.05) is 18.9 Å². The molecule has 1 saturated carbocycles. The van der Waals surface area contributed by atoms with E-state index in [4.69, 9.17) is 0 Å². The van der Waals surface area contributed by atoms with Crippen molar-refractivity contribution in [1.29, 1.82) is 0 Å². The minimum absolute atomic E-state index is 0.125. The summed E-state index contributed by atoms with van der Waals surface area (Å²) in [5.74, 6) is -1.24. The third kappa shape index (κ3) is 3.58. The second-order valence-electron chi connectivity index (χ2n) is 9.78. The number of rotatable bonds is 4. The van der Waals surface area contributed by atoms with Crippen LogP contribution >= 0.6 is 0 Å². The predicted molar refractivity (Wildman–Crippen MR) is 126 cm³/mol. The van der Waals surface area contributed by atoms with Crippen LogP contribution in [-0.2, 0) is 11.3 Å². The average molecular weight is 466 g/mol. The number of aliphatic hydroxyl groups excluding tert-OH is 1. The Hall–Kier alpha value is -3.20. The molecule has 34 heavy (non-hydrogen) atoms. The molecule has 2 N–H and O–H groups in total. The van der Waals surface area contributed by atoms with Crippen molar-refractivity contribution in [3.8, 4) is 11.1 Å². The predicted octanol–water partition coefficient (Wildman–Crippen LogP) is 1.61. The highest BCUT2D eigenvalue weighted by molar-refractivity contribution is 5.84. The van der Waals surface area contributed by atoms with E-state index >= 15 is 0 Å². The van der Waals surface area contributed by atoms with E-state index in [0.29, 0.717) is 11.3 Å². The molecule has 1 saturated heterocycles. The van der Waals surface area contributed by atoms with Crippen molar-refractivity contribution >= 4 is 11.9 Å². The van der Waals surface area contributed by atoms with E-state index in [2.05, 4.69) is 10.3 Å². The summed E-state index contributed by atoms with van der Waals surface area (Å²) in [5, 5.41) is 13.5. The van der Waals surface area contributed by atoms with Crippen molar-refractivity contribution in [1.82, 2.24) is 24.7 Å².